The highest BCUT2D eigenvalue weighted by Gasteiger charge is 2.41. The van der Waals surface area contributed by atoms with E-state index in [1.165, 1.54) is 13.3 Å². The van der Waals surface area contributed by atoms with Crippen LogP contribution in [0.2, 0.25) is 0 Å². The molecule has 1 aliphatic carbocycles. The zero-order valence-corrected chi connectivity index (χ0v) is 15.6. The van der Waals surface area contributed by atoms with Crippen molar-refractivity contribution in [3.8, 4) is 0 Å². The Morgan fingerprint density at radius 1 is 1.15 bits per heavy atom. The topological polar surface area (TPSA) is 92.8 Å². The third-order valence-electron chi connectivity index (χ3n) is 5.36. The van der Waals surface area contributed by atoms with Gasteiger partial charge in [0.1, 0.15) is 6.04 Å². The van der Waals surface area contributed by atoms with Gasteiger partial charge in [0, 0.05) is 6.04 Å². The summed E-state index contributed by atoms with van der Waals surface area (Å²) in [6, 6.07) is 5.41. The molecule has 7 nitrogen and oxygen atoms in total. The number of amides is 3. The summed E-state index contributed by atoms with van der Waals surface area (Å²) in [4.78, 5) is 50.1. The Labute approximate surface area is 158 Å². The van der Waals surface area contributed by atoms with Gasteiger partial charge in [-0.1, -0.05) is 31.9 Å². The minimum Gasteiger partial charge on any atom is -0.454 e. The molecule has 1 saturated carbocycles. The molecule has 0 saturated heterocycles. The van der Waals surface area contributed by atoms with Crippen LogP contribution in [0.15, 0.2) is 24.3 Å². The first kappa shape index (κ1) is 19.1. The highest BCUT2D eigenvalue weighted by atomic mass is 16.5. The fourth-order valence-corrected chi connectivity index (χ4v) is 3.70. The number of carbonyl (C=O) groups excluding carboxylic acids is 4. The highest BCUT2D eigenvalue weighted by molar-refractivity contribution is 6.22. The van der Waals surface area contributed by atoms with E-state index in [0.29, 0.717) is 5.92 Å². The van der Waals surface area contributed by atoms with Gasteiger partial charge in [0.05, 0.1) is 11.1 Å². The largest absolute Gasteiger partial charge is 0.454 e. The van der Waals surface area contributed by atoms with Crippen molar-refractivity contribution in [3.63, 3.8) is 0 Å². The van der Waals surface area contributed by atoms with Crippen LogP contribution >= 0.6 is 0 Å². The van der Waals surface area contributed by atoms with Gasteiger partial charge in [-0.15, -0.1) is 0 Å². The van der Waals surface area contributed by atoms with E-state index in [4.69, 9.17) is 4.74 Å². The minimum absolute atomic E-state index is 0.0959. The lowest BCUT2D eigenvalue weighted by atomic mass is 9.86. The van der Waals surface area contributed by atoms with Gasteiger partial charge >= 0.3 is 5.97 Å². The quantitative estimate of drug-likeness (QED) is 0.630. The molecule has 0 bridgehead atoms. The Hall–Kier alpha value is -2.70. The van der Waals surface area contributed by atoms with Gasteiger partial charge in [-0.05, 0) is 37.8 Å². The molecular weight excluding hydrogens is 348 g/mol. The van der Waals surface area contributed by atoms with Crippen LogP contribution in [0.4, 0.5) is 0 Å². The van der Waals surface area contributed by atoms with Gasteiger partial charge in [0.2, 0.25) is 0 Å². The lowest BCUT2D eigenvalue weighted by Gasteiger charge is -2.29. The second-order valence-corrected chi connectivity index (χ2v) is 7.25. The average molecular weight is 372 g/mol. The Kier molecular flexibility index (Phi) is 5.58. The first-order chi connectivity index (χ1) is 12.9. The number of hydrogen-bond donors (Lipinski definition) is 1. The monoisotopic (exact) mass is 372 g/mol. The molecule has 144 valence electrons. The molecule has 1 aromatic rings. The van der Waals surface area contributed by atoms with Crippen molar-refractivity contribution in [1.29, 1.82) is 0 Å². The van der Waals surface area contributed by atoms with Crippen molar-refractivity contribution in [3.05, 3.63) is 35.4 Å². The maximum atomic E-state index is 12.4. The number of nitrogens with one attached hydrogen (secondary N) is 1. The smallest absolute Gasteiger partial charge is 0.329 e. The molecule has 1 aromatic carbocycles. The molecule has 0 spiro atoms. The van der Waals surface area contributed by atoms with Crippen LogP contribution in [-0.2, 0) is 14.3 Å². The number of carbonyl (C=O) groups is 4. The first-order valence-corrected chi connectivity index (χ1v) is 9.33. The van der Waals surface area contributed by atoms with E-state index < -0.39 is 30.4 Å². The molecule has 1 heterocycles. The number of fused-ring (bicyclic) bond motifs is 1. The number of nitrogens with zero attached hydrogens (tertiary/aromatic N) is 1. The Morgan fingerprint density at radius 3 is 2.33 bits per heavy atom. The average Bonchev–Trinajstić information content (AvgIpc) is 2.92. The summed E-state index contributed by atoms with van der Waals surface area (Å²) in [7, 11) is 0. The van der Waals surface area contributed by atoms with E-state index in [1.54, 1.807) is 24.3 Å². The molecular formula is C20H24N2O5. The van der Waals surface area contributed by atoms with E-state index in [9.17, 15) is 19.2 Å². The molecule has 3 rings (SSSR count). The summed E-state index contributed by atoms with van der Waals surface area (Å²) < 4.78 is 5.05. The summed E-state index contributed by atoms with van der Waals surface area (Å²) in [6.07, 6.45) is 4.24. The molecule has 1 fully saturated rings. The number of esters is 1. The molecule has 2 aliphatic rings. The van der Waals surface area contributed by atoms with Crippen LogP contribution in [0, 0.1) is 5.92 Å². The van der Waals surface area contributed by atoms with Crippen LogP contribution in [-0.4, -0.2) is 47.3 Å². The van der Waals surface area contributed by atoms with Gasteiger partial charge < -0.3 is 10.1 Å². The van der Waals surface area contributed by atoms with E-state index in [-0.39, 0.29) is 23.1 Å². The maximum Gasteiger partial charge on any atom is 0.329 e. The standard InChI is InChI=1S/C20H24N2O5/c1-12-7-3-6-10-16(12)21-17(23)11-27-20(26)13(2)22-18(24)14-8-4-5-9-15(14)19(22)25/h4-5,8-9,12-13,16H,3,6-7,10-11H2,1-2H3,(H,21,23). The Balaban J connectivity index is 1.55. The minimum atomic E-state index is -1.10. The molecule has 0 radical (unpaired) electrons. The first-order valence-electron chi connectivity index (χ1n) is 9.33. The molecule has 3 amide bonds. The number of benzene rings is 1. The van der Waals surface area contributed by atoms with E-state index in [0.717, 1.165) is 24.2 Å². The zero-order valence-electron chi connectivity index (χ0n) is 15.6. The summed E-state index contributed by atoms with van der Waals surface area (Å²) in [5, 5.41) is 2.90. The van der Waals surface area contributed by atoms with E-state index in [2.05, 4.69) is 12.2 Å². The lowest BCUT2D eigenvalue weighted by Crippen LogP contribution is -2.46. The fourth-order valence-electron chi connectivity index (χ4n) is 3.70. The zero-order chi connectivity index (χ0) is 19.6. The molecule has 3 unspecified atom stereocenters. The summed E-state index contributed by atoms with van der Waals surface area (Å²) in [5.41, 5.74) is 0.539. The van der Waals surface area contributed by atoms with Gasteiger partial charge in [-0.2, -0.15) is 0 Å². The van der Waals surface area contributed by atoms with Gasteiger partial charge in [0.25, 0.3) is 17.7 Å². The summed E-state index contributed by atoms with van der Waals surface area (Å²) in [6.45, 7) is 3.10. The number of rotatable bonds is 5. The van der Waals surface area contributed by atoms with Crippen molar-refractivity contribution < 1.29 is 23.9 Å². The van der Waals surface area contributed by atoms with E-state index in [1.807, 2.05) is 0 Å². The van der Waals surface area contributed by atoms with Crippen molar-refractivity contribution in [2.45, 2.75) is 51.6 Å². The van der Waals surface area contributed by atoms with Gasteiger partial charge in [-0.3, -0.25) is 19.3 Å². The number of hydrogen-bond acceptors (Lipinski definition) is 5. The van der Waals surface area contributed by atoms with Crippen LogP contribution < -0.4 is 5.32 Å². The predicted molar refractivity (Wildman–Crippen MR) is 96.9 cm³/mol. The molecule has 3 atom stereocenters. The lowest BCUT2D eigenvalue weighted by molar-refractivity contribution is -0.152. The van der Waals surface area contributed by atoms with Crippen LogP contribution in [0.1, 0.15) is 60.2 Å². The van der Waals surface area contributed by atoms with Crippen LogP contribution in [0.25, 0.3) is 0 Å². The second-order valence-electron chi connectivity index (χ2n) is 7.25. The number of imide groups is 1. The number of ether oxygens (including phenoxy) is 1. The Bertz CT molecular complexity index is 740. The second kappa shape index (κ2) is 7.90. The SMILES string of the molecule is CC1CCCCC1NC(=O)COC(=O)C(C)N1C(=O)c2ccccc2C1=O. The summed E-state index contributed by atoms with van der Waals surface area (Å²) >= 11 is 0. The van der Waals surface area contributed by atoms with Crippen molar-refractivity contribution in [2.75, 3.05) is 6.61 Å². The van der Waals surface area contributed by atoms with Crippen LogP contribution in [0.5, 0.6) is 0 Å². The molecule has 1 N–H and O–H groups in total. The fraction of sp³-hybridized carbons (Fsp3) is 0.500. The van der Waals surface area contributed by atoms with Gasteiger partial charge in [-0.25, -0.2) is 4.79 Å². The summed E-state index contributed by atoms with van der Waals surface area (Å²) in [5.74, 6) is -1.80. The molecule has 0 aromatic heterocycles. The van der Waals surface area contributed by atoms with Gasteiger partial charge in [0.15, 0.2) is 6.61 Å². The van der Waals surface area contributed by atoms with Crippen molar-refractivity contribution >= 4 is 23.7 Å². The van der Waals surface area contributed by atoms with Crippen molar-refractivity contribution in [2.24, 2.45) is 5.92 Å². The highest BCUT2D eigenvalue weighted by Crippen LogP contribution is 2.25. The van der Waals surface area contributed by atoms with Crippen LogP contribution in [0.3, 0.4) is 0 Å². The maximum absolute atomic E-state index is 12.4. The molecule has 1 aliphatic heterocycles. The Morgan fingerprint density at radius 2 is 1.74 bits per heavy atom. The molecule has 7 heteroatoms. The predicted octanol–water partition coefficient (Wildman–Crippen LogP) is 1.91. The normalized spacial score (nSPS) is 23.0. The van der Waals surface area contributed by atoms with Crippen molar-refractivity contribution in [1.82, 2.24) is 10.2 Å². The molecule has 27 heavy (non-hydrogen) atoms. The third kappa shape index (κ3) is 3.86. The third-order valence-corrected chi connectivity index (χ3v) is 5.36. The van der Waals surface area contributed by atoms with E-state index >= 15 is 0 Å².